The molecule has 1 fully saturated rings. The lowest BCUT2D eigenvalue weighted by Gasteiger charge is -2.19. The van der Waals surface area contributed by atoms with Gasteiger partial charge in [0.1, 0.15) is 18.2 Å². The van der Waals surface area contributed by atoms with Crippen LogP contribution in [0.25, 0.3) is 0 Å². The van der Waals surface area contributed by atoms with Gasteiger partial charge in [-0.1, -0.05) is 0 Å². The maximum absolute atomic E-state index is 10.5. The second-order valence-electron chi connectivity index (χ2n) is 5.18. The van der Waals surface area contributed by atoms with E-state index in [1.165, 1.54) is 0 Å². The number of ether oxygens (including phenoxy) is 1. The molecule has 1 heterocycles. The quantitative estimate of drug-likeness (QED) is 0.433. The molecule has 1 aliphatic rings. The van der Waals surface area contributed by atoms with Crippen LogP contribution in [0.1, 0.15) is 18.4 Å². The van der Waals surface area contributed by atoms with E-state index in [0.717, 1.165) is 31.5 Å². The van der Waals surface area contributed by atoms with Gasteiger partial charge in [-0.25, -0.2) is 4.79 Å². The number of benzene rings is 1. The van der Waals surface area contributed by atoms with Crippen molar-refractivity contribution < 1.29 is 19.7 Å². The van der Waals surface area contributed by atoms with Crippen molar-refractivity contribution in [1.82, 2.24) is 5.32 Å². The molecule has 1 aromatic carbocycles. The van der Waals surface area contributed by atoms with E-state index in [-0.39, 0.29) is 12.6 Å². The molecule has 1 saturated heterocycles. The van der Waals surface area contributed by atoms with Gasteiger partial charge in [-0.3, -0.25) is 4.99 Å². The highest BCUT2D eigenvalue weighted by atomic mass is 16.5. The molecular weight excluding hydrogens is 286 g/mol. The molecule has 0 radical (unpaired) electrons. The van der Waals surface area contributed by atoms with Gasteiger partial charge < -0.3 is 26.0 Å². The lowest BCUT2D eigenvalue weighted by molar-refractivity contribution is -0.148. The predicted molar refractivity (Wildman–Crippen MR) is 82.2 cm³/mol. The first-order chi connectivity index (χ1) is 10.6. The van der Waals surface area contributed by atoms with E-state index >= 15 is 0 Å². The number of nitrogens with one attached hydrogen (secondary N) is 1. The number of amidine groups is 1. The zero-order valence-electron chi connectivity index (χ0n) is 12.2. The van der Waals surface area contributed by atoms with E-state index in [1.54, 1.807) is 24.3 Å². The molecule has 7 heteroatoms. The molecule has 0 aromatic heterocycles. The second kappa shape index (κ2) is 7.77. The van der Waals surface area contributed by atoms with Gasteiger partial charge in [0.15, 0.2) is 6.10 Å². The number of nitrogens with zero attached hydrogens (tertiary/aromatic N) is 1. The van der Waals surface area contributed by atoms with Crippen molar-refractivity contribution in [3.8, 4) is 5.75 Å². The topological polar surface area (TPSA) is 117 Å². The molecule has 0 spiro atoms. The van der Waals surface area contributed by atoms with Crippen LogP contribution in [-0.2, 0) is 4.79 Å². The molecule has 120 valence electrons. The summed E-state index contributed by atoms with van der Waals surface area (Å²) in [7, 11) is 0. The van der Waals surface area contributed by atoms with Crippen molar-refractivity contribution in [2.45, 2.75) is 25.0 Å². The summed E-state index contributed by atoms with van der Waals surface area (Å²) in [5.74, 6) is -0.349. The Hall–Kier alpha value is -2.12. The molecule has 7 nitrogen and oxygen atoms in total. The van der Waals surface area contributed by atoms with Crippen molar-refractivity contribution in [2.75, 3.05) is 19.7 Å². The highest BCUT2D eigenvalue weighted by Crippen LogP contribution is 2.14. The zero-order chi connectivity index (χ0) is 15.9. The first-order valence-electron chi connectivity index (χ1n) is 7.24. The van der Waals surface area contributed by atoms with Crippen LogP contribution >= 0.6 is 0 Å². The number of rotatable bonds is 6. The molecule has 0 amide bonds. The van der Waals surface area contributed by atoms with Crippen LogP contribution in [0.5, 0.6) is 5.75 Å². The maximum atomic E-state index is 10.5. The Bertz CT molecular complexity index is 524. The predicted octanol–water partition coefficient (Wildman–Crippen LogP) is -0.0318. The second-order valence-corrected chi connectivity index (χ2v) is 5.18. The van der Waals surface area contributed by atoms with Crippen LogP contribution in [0, 0.1) is 0 Å². The average Bonchev–Trinajstić information content (AvgIpc) is 2.54. The van der Waals surface area contributed by atoms with Crippen molar-refractivity contribution >= 4 is 11.8 Å². The van der Waals surface area contributed by atoms with E-state index in [9.17, 15) is 4.79 Å². The van der Waals surface area contributed by atoms with Gasteiger partial charge in [0.2, 0.25) is 0 Å². The number of carboxylic acid groups (broad SMARTS) is 1. The third-order valence-corrected chi connectivity index (χ3v) is 3.47. The first-order valence-corrected chi connectivity index (χ1v) is 7.24. The molecule has 0 bridgehead atoms. The van der Waals surface area contributed by atoms with Crippen LogP contribution in [0.15, 0.2) is 29.3 Å². The van der Waals surface area contributed by atoms with Crippen LogP contribution < -0.4 is 15.8 Å². The first kappa shape index (κ1) is 16.3. The Balaban J connectivity index is 1.93. The summed E-state index contributed by atoms with van der Waals surface area (Å²) in [6.45, 7) is 1.62. The van der Waals surface area contributed by atoms with Crippen molar-refractivity contribution in [1.29, 1.82) is 0 Å². The van der Waals surface area contributed by atoms with Gasteiger partial charge in [-0.2, -0.15) is 0 Å². The summed E-state index contributed by atoms with van der Waals surface area (Å²) in [5, 5.41) is 21.0. The van der Waals surface area contributed by atoms with Crippen molar-refractivity contribution in [2.24, 2.45) is 10.7 Å². The molecule has 1 aromatic rings. The Labute approximate surface area is 128 Å². The number of carbonyl (C=O) groups is 1. The van der Waals surface area contributed by atoms with E-state index in [4.69, 9.17) is 20.7 Å². The summed E-state index contributed by atoms with van der Waals surface area (Å²) >= 11 is 0. The molecule has 5 N–H and O–H groups in total. The lowest BCUT2D eigenvalue weighted by atomic mass is 10.1. The Morgan fingerprint density at radius 1 is 1.36 bits per heavy atom. The molecule has 2 rings (SSSR count). The number of carboxylic acids is 1. The third-order valence-electron chi connectivity index (χ3n) is 3.47. The van der Waals surface area contributed by atoms with E-state index < -0.39 is 12.1 Å². The molecule has 1 atom stereocenters. The van der Waals surface area contributed by atoms with Crippen LogP contribution in [-0.4, -0.2) is 53.9 Å². The minimum Gasteiger partial charge on any atom is -0.490 e. The summed E-state index contributed by atoms with van der Waals surface area (Å²) in [5.41, 5.74) is 6.80. The summed E-state index contributed by atoms with van der Waals surface area (Å²) in [6, 6.07) is 7.14. The molecule has 0 aliphatic carbocycles. The number of nitrogens with two attached hydrogens (primary N) is 1. The van der Waals surface area contributed by atoms with Gasteiger partial charge >= 0.3 is 5.97 Å². The highest BCUT2D eigenvalue weighted by molar-refractivity contribution is 5.97. The third kappa shape index (κ3) is 4.71. The Kier molecular flexibility index (Phi) is 5.74. The minimum absolute atomic E-state index is 0.253. The number of aliphatic imine (C=N–C) groups is 1. The van der Waals surface area contributed by atoms with Gasteiger partial charge in [0, 0.05) is 5.56 Å². The standard InChI is InChI=1S/C15H21N3O4/c16-14(18-11-5-7-17-8-6-11)10-1-3-12(4-2-10)22-9-13(19)15(20)21/h1-4,11,13,17,19H,5-9H2,(H2,16,18)(H,20,21)/t13-/m0/s1. The Morgan fingerprint density at radius 3 is 2.59 bits per heavy atom. The fourth-order valence-electron chi connectivity index (χ4n) is 2.18. The normalized spacial score (nSPS) is 18.0. The SMILES string of the molecule is NC(=NC1CCNCC1)c1ccc(OC[C@H](O)C(=O)O)cc1. The monoisotopic (exact) mass is 307 g/mol. The Morgan fingerprint density at radius 2 is 2.00 bits per heavy atom. The maximum Gasteiger partial charge on any atom is 0.336 e. The van der Waals surface area contributed by atoms with Crippen LogP contribution in [0.2, 0.25) is 0 Å². The smallest absolute Gasteiger partial charge is 0.336 e. The van der Waals surface area contributed by atoms with Crippen LogP contribution in [0.3, 0.4) is 0 Å². The number of aliphatic hydroxyl groups is 1. The van der Waals surface area contributed by atoms with Gasteiger partial charge in [-0.05, 0) is 50.2 Å². The molecule has 22 heavy (non-hydrogen) atoms. The van der Waals surface area contributed by atoms with Gasteiger partial charge in [-0.15, -0.1) is 0 Å². The van der Waals surface area contributed by atoms with E-state index in [0.29, 0.717) is 11.6 Å². The number of hydrogen-bond acceptors (Lipinski definition) is 5. The number of piperidine rings is 1. The summed E-state index contributed by atoms with van der Waals surface area (Å²) in [4.78, 5) is 15.0. The van der Waals surface area contributed by atoms with Gasteiger partial charge in [0.25, 0.3) is 0 Å². The largest absolute Gasteiger partial charge is 0.490 e. The molecular formula is C15H21N3O4. The van der Waals surface area contributed by atoms with Gasteiger partial charge in [0.05, 0.1) is 6.04 Å². The number of aliphatic carboxylic acids is 1. The average molecular weight is 307 g/mol. The molecule has 0 unspecified atom stereocenters. The minimum atomic E-state index is -1.54. The highest BCUT2D eigenvalue weighted by Gasteiger charge is 2.14. The van der Waals surface area contributed by atoms with E-state index in [1.807, 2.05) is 0 Å². The van der Waals surface area contributed by atoms with Crippen LogP contribution in [0.4, 0.5) is 0 Å². The van der Waals surface area contributed by atoms with E-state index in [2.05, 4.69) is 10.3 Å². The van der Waals surface area contributed by atoms with Crippen molar-refractivity contribution in [3.63, 3.8) is 0 Å². The molecule has 0 saturated carbocycles. The summed E-state index contributed by atoms with van der Waals surface area (Å²) in [6.07, 6.45) is 0.426. The fraction of sp³-hybridized carbons (Fsp3) is 0.467. The molecule has 1 aliphatic heterocycles. The summed E-state index contributed by atoms with van der Waals surface area (Å²) < 4.78 is 5.19. The fourth-order valence-corrected chi connectivity index (χ4v) is 2.18. The lowest BCUT2D eigenvalue weighted by Crippen LogP contribution is -2.31. The number of hydrogen-bond donors (Lipinski definition) is 4. The van der Waals surface area contributed by atoms with Crippen molar-refractivity contribution in [3.05, 3.63) is 29.8 Å². The number of aliphatic hydroxyl groups excluding tert-OH is 1. The zero-order valence-corrected chi connectivity index (χ0v) is 12.2.